The first-order valence-corrected chi connectivity index (χ1v) is 8.25. The average Bonchev–Trinajstić information content (AvgIpc) is 3.29. The maximum absolute atomic E-state index is 12.5. The molecule has 0 unspecified atom stereocenters. The normalized spacial score (nSPS) is 12.0. The molecule has 4 rings (SSSR count). The third kappa shape index (κ3) is 3.02. The summed E-state index contributed by atoms with van der Waals surface area (Å²) >= 11 is 0. The third-order valence-electron chi connectivity index (χ3n) is 4.24. The summed E-state index contributed by atoms with van der Waals surface area (Å²) in [7, 11) is 1.95. The Morgan fingerprint density at radius 2 is 1.88 bits per heavy atom. The van der Waals surface area contributed by atoms with Gasteiger partial charge in [0, 0.05) is 13.2 Å². The van der Waals surface area contributed by atoms with Crippen molar-refractivity contribution < 1.29 is 4.79 Å². The van der Waals surface area contributed by atoms with E-state index >= 15 is 0 Å². The van der Waals surface area contributed by atoms with Gasteiger partial charge in [0.1, 0.15) is 11.9 Å². The standard InChI is InChI=1S/C19H18N6O/c1-25-16-10-6-5-9-15(16)23-18(25)17(13-7-3-2-4-8-13)24-19(26)22-14-11-20-21-12-14/h2-12,17H,1H3,(H,20,21)(H2,22,24,26)/t17-/m0/s1. The van der Waals surface area contributed by atoms with Gasteiger partial charge in [0.05, 0.1) is 22.9 Å². The Labute approximate surface area is 150 Å². The number of rotatable bonds is 4. The van der Waals surface area contributed by atoms with E-state index in [9.17, 15) is 4.79 Å². The molecule has 2 aromatic heterocycles. The monoisotopic (exact) mass is 346 g/mol. The molecule has 0 saturated heterocycles. The van der Waals surface area contributed by atoms with E-state index in [1.54, 1.807) is 12.4 Å². The fourth-order valence-corrected chi connectivity index (χ4v) is 2.98. The molecule has 0 radical (unpaired) electrons. The zero-order valence-corrected chi connectivity index (χ0v) is 14.2. The maximum Gasteiger partial charge on any atom is 0.320 e. The van der Waals surface area contributed by atoms with Crippen LogP contribution >= 0.6 is 0 Å². The van der Waals surface area contributed by atoms with Crippen LogP contribution in [-0.4, -0.2) is 25.8 Å². The summed E-state index contributed by atoms with van der Waals surface area (Å²) in [5.74, 6) is 0.764. The van der Waals surface area contributed by atoms with Gasteiger partial charge >= 0.3 is 6.03 Å². The highest BCUT2D eigenvalue weighted by Gasteiger charge is 2.22. The first kappa shape index (κ1) is 15.9. The fourth-order valence-electron chi connectivity index (χ4n) is 2.98. The fraction of sp³-hybridized carbons (Fsp3) is 0.105. The Morgan fingerprint density at radius 3 is 2.62 bits per heavy atom. The molecule has 0 spiro atoms. The van der Waals surface area contributed by atoms with Gasteiger partial charge < -0.3 is 15.2 Å². The second-order valence-electron chi connectivity index (χ2n) is 5.95. The van der Waals surface area contributed by atoms with E-state index in [4.69, 9.17) is 4.98 Å². The van der Waals surface area contributed by atoms with Crippen LogP contribution in [0.5, 0.6) is 0 Å². The highest BCUT2D eigenvalue weighted by atomic mass is 16.2. The summed E-state index contributed by atoms with van der Waals surface area (Å²) in [6.45, 7) is 0. The lowest BCUT2D eigenvalue weighted by molar-refractivity contribution is 0.249. The summed E-state index contributed by atoms with van der Waals surface area (Å²) in [4.78, 5) is 17.2. The number of anilines is 1. The minimum atomic E-state index is -0.388. The number of nitrogens with zero attached hydrogens (tertiary/aromatic N) is 3. The molecule has 0 aliphatic carbocycles. The Hall–Kier alpha value is -3.61. The van der Waals surface area contributed by atoms with Crippen LogP contribution in [0.25, 0.3) is 11.0 Å². The van der Waals surface area contributed by atoms with Crippen molar-refractivity contribution in [3.05, 3.63) is 78.4 Å². The molecule has 130 valence electrons. The second kappa shape index (κ2) is 6.72. The van der Waals surface area contributed by atoms with E-state index in [1.807, 2.05) is 66.2 Å². The molecule has 0 fully saturated rings. The number of carbonyl (C=O) groups excluding carboxylic acids is 1. The molecule has 0 aliphatic rings. The SMILES string of the molecule is Cn1c([C@@H](NC(=O)Nc2cn[nH]c2)c2ccccc2)nc2ccccc21. The van der Waals surface area contributed by atoms with Crippen LogP contribution in [-0.2, 0) is 7.05 Å². The van der Waals surface area contributed by atoms with Crippen molar-refractivity contribution in [2.45, 2.75) is 6.04 Å². The highest BCUT2D eigenvalue weighted by Crippen LogP contribution is 2.25. The Balaban J connectivity index is 1.71. The Bertz CT molecular complexity index is 1020. The lowest BCUT2D eigenvalue weighted by Gasteiger charge is -2.19. The van der Waals surface area contributed by atoms with E-state index in [0.29, 0.717) is 5.69 Å². The van der Waals surface area contributed by atoms with Crippen molar-refractivity contribution in [1.29, 1.82) is 0 Å². The zero-order valence-electron chi connectivity index (χ0n) is 14.2. The maximum atomic E-state index is 12.5. The summed E-state index contributed by atoms with van der Waals surface area (Å²) in [6.07, 6.45) is 3.17. The first-order chi connectivity index (χ1) is 12.7. The number of aromatic amines is 1. The van der Waals surface area contributed by atoms with Crippen molar-refractivity contribution >= 4 is 22.8 Å². The van der Waals surface area contributed by atoms with E-state index in [0.717, 1.165) is 22.4 Å². The molecule has 0 bridgehead atoms. The molecule has 4 aromatic rings. The van der Waals surface area contributed by atoms with Crippen LogP contribution in [0.15, 0.2) is 67.0 Å². The number of benzene rings is 2. The molecule has 7 heteroatoms. The first-order valence-electron chi connectivity index (χ1n) is 8.25. The number of carbonyl (C=O) groups is 1. The molecule has 7 nitrogen and oxygen atoms in total. The number of amides is 2. The van der Waals surface area contributed by atoms with Crippen LogP contribution in [0.2, 0.25) is 0 Å². The van der Waals surface area contributed by atoms with Gasteiger partial charge in [-0.1, -0.05) is 42.5 Å². The van der Waals surface area contributed by atoms with E-state index in [-0.39, 0.29) is 12.1 Å². The minimum absolute atomic E-state index is 0.327. The lowest BCUT2D eigenvalue weighted by Crippen LogP contribution is -2.34. The predicted molar refractivity (Wildman–Crippen MR) is 99.7 cm³/mol. The van der Waals surface area contributed by atoms with E-state index in [1.165, 1.54) is 0 Å². The van der Waals surface area contributed by atoms with Crippen molar-refractivity contribution in [3.63, 3.8) is 0 Å². The van der Waals surface area contributed by atoms with Gasteiger partial charge in [-0.05, 0) is 17.7 Å². The van der Waals surface area contributed by atoms with Gasteiger partial charge in [-0.25, -0.2) is 9.78 Å². The number of hydrogen-bond acceptors (Lipinski definition) is 3. The number of H-pyrrole nitrogens is 1. The smallest absolute Gasteiger partial charge is 0.320 e. The zero-order chi connectivity index (χ0) is 17.9. The molecule has 1 atom stereocenters. The van der Waals surface area contributed by atoms with Crippen molar-refractivity contribution in [1.82, 2.24) is 25.1 Å². The summed E-state index contributed by atoms with van der Waals surface area (Å²) < 4.78 is 2.01. The minimum Gasteiger partial charge on any atom is -0.329 e. The number of aryl methyl sites for hydroxylation is 1. The molecular weight excluding hydrogens is 328 g/mol. The molecule has 2 heterocycles. The Morgan fingerprint density at radius 1 is 1.12 bits per heavy atom. The van der Waals surface area contributed by atoms with Crippen molar-refractivity contribution in [3.8, 4) is 0 Å². The molecule has 0 saturated carbocycles. The lowest BCUT2D eigenvalue weighted by atomic mass is 10.1. The van der Waals surface area contributed by atoms with Gasteiger partial charge in [-0.15, -0.1) is 0 Å². The van der Waals surface area contributed by atoms with Gasteiger partial charge in [0.15, 0.2) is 0 Å². The molecule has 2 amide bonds. The van der Waals surface area contributed by atoms with Crippen molar-refractivity contribution in [2.24, 2.45) is 7.05 Å². The molecule has 0 aliphatic heterocycles. The second-order valence-corrected chi connectivity index (χ2v) is 5.95. The van der Waals surface area contributed by atoms with Crippen LogP contribution in [0.4, 0.5) is 10.5 Å². The van der Waals surface area contributed by atoms with Crippen molar-refractivity contribution in [2.75, 3.05) is 5.32 Å². The van der Waals surface area contributed by atoms with Crippen LogP contribution < -0.4 is 10.6 Å². The summed E-state index contributed by atoms with van der Waals surface area (Å²) in [6, 6.07) is 17.0. The van der Waals surface area contributed by atoms with Gasteiger partial charge in [0.25, 0.3) is 0 Å². The quantitative estimate of drug-likeness (QED) is 0.530. The average molecular weight is 346 g/mol. The van der Waals surface area contributed by atoms with Crippen LogP contribution in [0, 0.1) is 0 Å². The van der Waals surface area contributed by atoms with E-state index < -0.39 is 0 Å². The highest BCUT2D eigenvalue weighted by molar-refractivity contribution is 5.89. The number of nitrogens with one attached hydrogen (secondary N) is 3. The largest absolute Gasteiger partial charge is 0.329 e. The van der Waals surface area contributed by atoms with Gasteiger partial charge in [0.2, 0.25) is 0 Å². The third-order valence-corrected chi connectivity index (χ3v) is 4.24. The predicted octanol–water partition coefficient (Wildman–Crippen LogP) is 3.21. The summed E-state index contributed by atoms with van der Waals surface area (Å²) in [5.41, 5.74) is 3.45. The topological polar surface area (TPSA) is 87.6 Å². The van der Waals surface area contributed by atoms with Crippen LogP contribution in [0.1, 0.15) is 17.4 Å². The number of aromatic nitrogens is 4. The summed E-state index contributed by atoms with van der Waals surface area (Å²) in [5, 5.41) is 12.3. The molecule has 2 aromatic carbocycles. The number of para-hydroxylation sites is 2. The van der Waals surface area contributed by atoms with Crippen LogP contribution in [0.3, 0.4) is 0 Å². The number of urea groups is 1. The van der Waals surface area contributed by atoms with Gasteiger partial charge in [-0.3, -0.25) is 5.10 Å². The molecular formula is C19H18N6O. The van der Waals surface area contributed by atoms with Gasteiger partial charge in [-0.2, -0.15) is 5.10 Å². The molecule has 26 heavy (non-hydrogen) atoms. The number of hydrogen-bond donors (Lipinski definition) is 3. The number of imidazole rings is 1. The van der Waals surface area contributed by atoms with E-state index in [2.05, 4.69) is 20.8 Å². The molecule has 3 N–H and O–H groups in total. The number of fused-ring (bicyclic) bond motifs is 1. The Kier molecular flexibility index (Phi) is 4.10.